The summed E-state index contributed by atoms with van der Waals surface area (Å²) in [5.41, 5.74) is 8.34. The minimum absolute atomic E-state index is 0.110. The standard InChI is InChI=1S/C30H29N7O4/c1-30(2,3)37(29(40)41-4)23-12-8-11-22(17-23)36-26-24(25(31)32-18-33-26)35(28(36)39)21-15-13-19(14-16-21)27(38)34-20-9-6-5-7-10-20/h5-18H,1-4H3,(H,34,38)(H2,31,32,33). The number of aromatic nitrogens is 4. The van der Waals surface area contributed by atoms with Gasteiger partial charge in [-0.2, -0.15) is 0 Å². The van der Waals surface area contributed by atoms with E-state index in [0.29, 0.717) is 33.8 Å². The van der Waals surface area contributed by atoms with Crippen molar-refractivity contribution < 1.29 is 14.3 Å². The molecule has 0 unspecified atom stereocenters. The molecule has 0 aliphatic rings. The third-order valence-corrected chi connectivity index (χ3v) is 6.44. The van der Waals surface area contributed by atoms with Gasteiger partial charge in [-0.25, -0.2) is 24.1 Å². The van der Waals surface area contributed by atoms with E-state index < -0.39 is 17.3 Å². The molecule has 0 spiro atoms. The lowest BCUT2D eigenvalue weighted by Gasteiger charge is -2.34. The molecule has 5 aromatic rings. The maximum Gasteiger partial charge on any atom is 0.414 e. The minimum Gasteiger partial charge on any atom is -0.452 e. The third kappa shape index (κ3) is 5.12. The highest BCUT2D eigenvalue weighted by molar-refractivity contribution is 6.04. The van der Waals surface area contributed by atoms with Gasteiger partial charge in [-0.3, -0.25) is 14.3 Å². The number of carbonyl (C=O) groups excluding carboxylic acids is 2. The number of methoxy groups -OCH3 is 1. The first-order valence-corrected chi connectivity index (χ1v) is 12.8. The van der Waals surface area contributed by atoms with Crippen LogP contribution < -0.4 is 21.6 Å². The maximum absolute atomic E-state index is 14.0. The molecule has 11 nitrogen and oxygen atoms in total. The second kappa shape index (κ2) is 10.6. The molecule has 208 valence electrons. The summed E-state index contributed by atoms with van der Waals surface area (Å²) in [6, 6.07) is 22.6. The van der Waals surface area contributed by atoms with E-state index in [4.69, 9.17) is 10.5 Å². The number of imidazole rings is 1. The number of nitrogens with zero attached hydrogens (tertiary/aromatic N) is 5. The zero-order chi connectivity index (χ0) is 29.3. The van der Waals surface area contributed by atoms with Gasteiger partial charge in [0.2, 0.25) is 0 Å². The van der Waals surface area contributed by atoms with Crippen molar-refractivity contribution in [2.45, 2.75) is 26.3 Å². The van der Waals surface area contributed by atoms with Crippen LogP contribution in [-0.4, -0.2) is 43.8 Å². The summed E-state index contributed by atoms with van der Waals surface area (Å²) in [7, 11) is 1.32. The molecule has 2 amide bonds. The zero-order valence-electron chi connectivity index (χ0n) is 23.0. The summed E-state index contributed by atoms with van der Waals surface area (Å²) >= 11 is 0. The Labute approximate surface area is 235 Å². The van der Waals surface area contributed by atoms with Crippen LogP contribution in [0.5, 0.6) is 0 Å². The molecule has 0 saturated carbocycles. The van der Waals surface area contributed by atoms with Crippen molar-refractivity contribution in [2.75, 3.05) is 23.1 Å². The van der Waals surface area contributed by atoms with E-state index in [-0.39, 0.29) is 17.4 Å². The SMILES string of the molecule is COC(=O)N(c1cccc(-n2c(=O)n(-c3ccc(C(=O)Nc4ccccc4)cc3)c3c(N)ncnc32)c1)C(C)(C)C. The molecule has 3 aromatic carbocycles. The molecule has 3 N–H and O–H groups in total. The highest BCUT2D eigenvalue weighted by Crippen LogP contribution is 2.29. The average molecular weight is 552 g/mol. The van der Waals surface area contributed by atoms with Gasteiger partial charge in [0, 0.05) is 22.5 Å². The summed E-state index contributed by atoms with van der Waals surface area (Å²) in [6.45, 7) is 5.64. The normalized spacial score (nSPS) is 11.3. The van der Waals surface area contributed by atoms with Gasteiger partial charge in [-0.1, -0.05) is 24.3 Å². The first-order valence-electron chi connectivity index (χ1n) is 12.8. The molecular weight excluding hydrogens is 522 g/mol. The number of rotatable bonds is 5. The van der Waals surface area contributed by atoms with E-state index in [1.54, 1.807) is 60.7 Å². The summed E-state index contributed by atoms with van der Waals surface area (Å²) in [5.74, 6) is -0.176. The van der Waals surface area contributed by atoms with Gasteiger partial charge >= 0.3 is 11.8 Å². The van der Waals surface area contributed by atoms with E-state index >= 15 is 0 Å². The van der Waals surface area contributed by atoms with E-state index in [1.807, 2.05) is 39.0 Å². The van der Waals surface area contributed by atoms with Gasteiger partial charge in [0.15, 0.2) is 11.5 Å². The smallest absolute Gasteiger partial charge is 0.414 e. The van der Waals surface area contributed by atoms with Gasteiger partial charge in [0.1, 0.15) is 11.8 Å². The van der Waals surface area contributed by atoms with E-state index in [9.17, 15) is 14.4 Å². The molecule has 0 radical (unpaired) electrons. The molecule has 0 aliphatic carbocycles. The number of para-hydroxylation sites is 1. The lowest BCUT2D eigenvalue weighted by Crippen LogP contribution is -2.46. The molecule has 0 aliphatic heterocycles. The van der Waals surface area contributed by atoms with Crippen LogP contribution in [0.15, 0.2) is 90.0 Å². The Morgan fingerprint density at radius 1 is 0.902 bits per heavy atom. The molecule has 41 heavy (non-hydrogen) atoms. The van der Waals surface area contributed by atoms with Crippen molar-refractivity contribution in [3.63, 3.8) is 0 Å². The average Bonchev–Trinajstić information content (AvgIpc) is 3.26. The summed E-state index contributed by atoms with van der Waals surface area (Å²) < 4.78 is 7.83. The lowest BCUT2D eigenvalue weighted by molar-refractivity contribution is 0.102. The molecule has 2 aromatic heterocycles. The number of fused-ring (bicyclic) bond motifs is 1. The first-order chi connectivity index (χ1) is 19.6. The summed E-state index contributed by atoms with van der Waals surface area (Å²) in [5, 5.41) is 2.84. The Balaban J connectivity index is 1.60. The fourth-order valence-corrected chi connectivity index (χ4v) is 4.63. The topological polar surface area (TPSA) is 137 Å². The molecule has 11 heteroatoms. The lowest BCUT2D eigenvalue weighted by atomic mass is 10.1. The van der Waals surface area contributed by atoms with Crippen LogP contribution >= 0.6 is 0 Å². The monoisotopic (exact) mass is 551 g/mol. The fourth-order valence-electron chi connectivity index (χ4n) is 4.63. The minimum atomic E-state index is -0.605. The molecule has 0 bridgehead atoms. The van der Waals surface area contributed by atoms with Gasteiger partial charge in [-0.05, 0) is 75.4 Å². The number of carbonyl (C=O) groups is 2. The first kappa shape index (κ1) is 27.1. The number of nitrogens with one attached hydrogen (secondary N) is 1. The number of hydrogen-bond acceptors (Lipinski definition) is 7. The Morgan fingerprint density at radius 2 is 1.61 bits per heavy atom. The van der Waals surface area contributed by atoms with Crippen LogP contribution in [-0.2, 0) is 4.74 Å². The summed E-state index contributed by atoms with van der Waals surface area (Å²) in [4.78, 5) is 49.4. The highest BCUT2D eigenvalue weighted by atomic mass is 16.5. The largest absolute Gasteiger partial charge is 0.452 e. The molecular formula is C30H29N7O4. The quantitative estimate of drug-likeness (QED) is 0.321. The van der Waals surface area contributed by atoms with E-state index in [2.05, 4.69) is 15.3 Å². The van der Waals surface area contributed by atoms with Crippen LogP contribution in [0.2, 0.25) is 0 Å². The van der Waals surface area contributed by atoms with Crippen LogP contribution in [0.25, 0.3) is 22.5 Å². The van der Waals surface area contributed by atoms with Crippen LogP contribution in [0.4, 0.5) is 22.0 Å². The van der Waals surface area contributed by atoms with Crippen molar-refractivity contribution in [3.8, 4) is 11.4 Å². The molecule has 0 saturated heterocycles. The van der Waals surface area contributed by atoms with Crippen LogP contribution in [0.3, 0.4) is 0 Å². The van der Waals surface area contributed by atoms with Crippen LogP contribution in [0.1, 0.15) is 31.1 Å². The van der Waals surface area contributed by atoms with Gasteiger partial charge in [-0.15, -0.1) is 0 Å². The second-order valence-corrected chi connectivity index (χ2v) is 10.2. The van der Waals surface area contributed by atoms with Crippen LogP contribution in [0, 0.1) is 0 Å². The molecule has 2 heterocycles. The fraction of sp³-hybridized carbons (Fsp3) is 0.167. The maximum atomic E-state index is 14.0. The van der Waals surface area contributed by atoms with Crippen molar-refractivity contribution >= 4 is 40.4 Å². The molecule has 0 atom stereocenters. The van der Waals surface area contributed by atoms with Crippen molar-refractivity contribution in [3.05, 3.63) is 101 Å². The van der Waals surface area contributed by atoms with E-state index in [0.717, 1.165) is 0 Å². The Morgan fingerprint density at radius 3 is 2.27 bits per heavy atom. The number of ether oxygens (including phenoxy) is 1. The molecule has 0 fully saturated rings. The number of hydrogen-bond donors (Lipinski definition) is 2. The molecule has 5 rings (SSSR count). The van der Waals surface area contributed by atoms with Gasteiger partial charge in [0.25, 0.3) is 5.91 Å². The van der Waals surface area contributed by atoms with Gasteiger partial charge < -0.3 is 15.8 Å². The van der Waals surface area contributed by atoms with Crippen molar-refractivity contribution in [1.29, 1.82) is 0 Å². The Bertz CT molecular complexity index is 1800. The number of nitrogen functional groups attached to an aromatic ring is 1. The highest BCUT2D eigenvalue weighted by Gasteiger charge is 2.29. The van der Waals surface area contributed by atoms with Crippen molar-refractivity contribution in [1.82, 2.24) is 19.1 Å². The Kier molecular flexibility index (Phi) is 7.02. The van der Waals surface area contributed by atoms with Crippen molar-refractivity contribution in [2.24, 2.45) is 0 Å². The number of nitrogens with two attached hydrogens (primary N) is 1. The van der Waals surface area contributed by atoms with E-state index in [1.165, 1.54) is 27.5 Å². The predicted octanol–water partition coefficient (Wildman–Crippen LogP) is 4.78. The number of benzene rings is 3. The predicted molar refractivity (Wildman–Crippen MR) is 158 cm³/mol. The Hall–Kier alpha value is -5.45. The third-order valence-electron chi connectivity index (χ3n) is 6.44. The van der Waals surface area contributed by atoms with Gasteiger partial charge in [0.05, 0.1) is 18.5 Å². The second-order valence-electron chi connectivity index (χ2n) is 10.2. The zero-order valence-corrected chi connectivity index (χ0v) is 23.0. The number of amides is 2. The number of anilines is 3. The summed E-state index contributed by atoms with van der Waals surface area (Å²) in [6.07, 6.45) is 0.752.